The topological polar surface area (TPSA) is 104 Å². The summed E-state index contributed by atoms with van der Waals surface area (Å²) in [6.45, 7) is 0.388. The van der Waals surface area contributed by atoms with Crippen LogP contribution in [0.5, 0.6) is 0 Å². The van der Waals surface area contributed by atoms with E-state index < -0.39 is 20.0 Å². The highest BCUT2D eigenvalue weighted by Crippen LogP contribution is 2.33. The van der Waals surface area contributed by atoms with Crippen LogP contribution in [0.4, 0.5) is 11.4 Å². The minimum Gasteiger partial charge on any atom is -0.308 e. The maximum atomic E-state index is 13.0. The van der Waals surface area contributed by atoms with E-state index in [2.05, 4.69) is 4.72 Å². The first-order valence-electron chi connectivity index (χ1n) is 8.55. The molecular formula is C18H20ClN3O5S2. The van der Waals surface area contributed by atoms with Crippen molar-refractivity contribution in [2.45, 2.75) is 11.3 Å². The third kappa shape index (κ3) is 4.40. The molecule has 2 aromatic rings. The van der Waals surface area contributed by atoms with Crippen molar-refractivity contribution in [3.05, 3.63) is 52.5 Å². The largest absolute Gasteiger partial charge is 0.308 e. The molecule has 0 aromatic heterocycles. The molecule has 0 unspecified atom stereocenters. The van der Waals surface area contributed by atoms with E-state index >= 15 is 0 Å². The lowest BCUT2D eigenvalue weighted by Gasteiger charge is -2.19. The molecule has 0 aliphatic carbocycles. The Labute approximate surface area is 175 Å². The van der Waals surface area contributed by atoms with Gasteiger partial charge in [0.05, 0.1) is 21.7 Å². The molecule has 0 atom stereocenters. The van der Waals surface area contributed by atoms with Crippen molar-refractivity contribution in [3.8, 4) is 0 Å². The number of sulfonamides is 2. The summed E-state index contributed by atoms with van der Waals surface area (Å²) in [6, 6.07) is 8.97. The van der Waals surface area contributed by atoms with Gasteiger partial charge in [-0.2, -0.15) is 0 Å². The van der Waals surface area contributed by atoms with E-state index in [-0.39, 0.29) is 27.1 Å². The zero-order chi connectivity index (χ0) is 21.6. The van der Waals surface area contributed by atoms with Gasteiger partial charge >= 0.3 is 0 Å². The minimum absolute atomic E-state index is 0.115. The first-order chi connectivity index (χ1) is 13.4. The second kappa shape index (κ2) is 7.60. The van der Waals surface area contributed by atoms with E-state index in [1.807, 2.05) is 0 Å². The van der Waals surface area contributed by atoms with Crippen LogP contribution in [0.1, 0.15) is 15.9 Å². The zero-order valence-corrected chi connectivity index (χ0v) is 18.4. The van der Waals surface area contributed by atoms with Crippen molar-refractivity contribution in [2.24, 2.45) is 0 Å². The number of rotatable bonds is 5. The van der Waals surface area contributed by atoms with Crippen molar-refractivity contribution < 1.29 is 21.6 Å². The van der Waals surface area contributed by atoms with Gasteiger partial charge in [-0.1, -0.05) is 11.6 Å². The fourth-order valence-electron chi connectivity index (χ4n) is 3.07. The summed E-state index contributed by atoms with van der Waals surface area (Å²) >= 11 is 6.21. The predicted octanol–water partition coefficient (Wildman–Crippen LogP) is 2.16. The Kier molecular flexibility index (Phi) is 5.65. The Morgan fingerprint density at radius 1 is 1.10 bits per heavy atom. The normalized spacial score (nSPS) is 14.2. The fraction of sp³-hybridized carbons (Fsp3) is 0.278. The summed E-state index contributed by atoms with van der Waals surface area (Å²) in [7, 11) is -4.10. The van der Waals surface area contributed by atoms with Crippen LogP contribution in [0.25, 0.3) is 0 Å². The van der Waals surface area contributed by atoms with Crippen LogP contribution in [0.3, 0.4) is 0 Å². The maximum absolute atomic E-state index is 13.0. The monoisotopic (exact) mass is 457 g/mol. The number of fused-ring (bicyclic) bond motifs is 1. The number of anilines is 2. The quantitative estimate of drug-likeness (QED) is 0.740. The van der Waals surface area contributed by atoms with Gasteiger partial charge in [-0.25, -0.2) is 21.1 Å². The lowest BCUT2D eigenvalue weighted by atomic mass is 10.1. The van der Waals surface area contributed by atoms with E-state index in [0.29, 0.717) is 18.7 Å². The van der Waals surface area contributed by atoms with Gasteiger partial charge in [0.2, 0.25) is 20.0 Å². The van der Waals surface area contributed by atoms with E-state index in [1.54, 1.807) is 12.1 Å². The molecule has 1 amide bonds. The van der Waals surface area contributed by atoms with Gasteiger partial charge in [-0.05, 0) is 48.4 Å². The van der Waals surface area contributed by atoms with Crippen LogP contribution in [0.15, 0.2) is 41.3 Å². The van der Waals surface area contributed by atoms with Crippen molar-refractivity contribution in [1.82, 2.24) is 4.31 Å². The number of benzene rings is 2. The molecule has 1 N–H and O–H groups in total. The van der Waals surface area contributed by atoms with Gasteiger partial charge in [0.1, 0.15) is 0 Å². The van der Waals surface area contributed by atoms with E-state index in [1.165, 1.54) is 43.3 Å². The number of nitrogens with zero attached hydrogens (tertiary/aromatic N) is 2. The Hall–Kier alpha value is -2.14. The Morgan fingerprint density at radius 3 is 2.38 bits per heavy atom. The smallest absolute Gasteiger partial charge is 0.259 e. The standard InChI is InChI=1S/C18H20ClN3O5S2/c1-21(2)29(26,27)14-5-7-17-12(10-14)8-9-22(17)18(23)15-6-4-13(11-16(15)19)20-28(3,24)25/h4-7,10-11,20H,8-9H2,1-3H3. The SMILES string of the molecule is CN(C)S(=O)(=O)c1ccc2c(c1)CCN2C(=O)c1ccc(NS(C)(=O)=O)cc1Cl. The summed E-state index contributed by atoms with van der Waals surface area (Å²) in [5.74, 6) is -0.345. The van der Waals surface area contributed by atoms with E-state index in [4.69, 9.17) is 11.6 Å². The van der Waals surface area contributed by atoms with Crippen molar-refractivity contribution in [2.75, 3.05) is 36.5 Å². The predicted molar refractivity (Wildman–Crippen MR) is 113 cm³/mol. The van der Waals surface area contributed by atoms with Crippen LogP contribution in [-0.4, -0.2) is 53.9 Å². The molecule has 156 valence electrons. The third-order valence-corrected chi connectivity index (χ3v) is 7.20. The van der Waals surface area contributed by atoms with Crippen LogP contribution in [0, 0.1) is 0 Å². The highest BCUT2D eigenvalue weighted by Gasteiger charge is 2.29. The molecule has 0 saturated heterocycles. The third-order valence-electron chi connectivity index (χ3n) is 4.47. The van der Waals surface area contributed by atoms with Crippen molar-refractivity contribution in [1.29, 1.82) is 0 Å². The number of hydrogen-bond acceptors (Lipinski definition) is 5. The maximum Gasteiger partial charge on any atom is 0.259 e. The van der Waals surface area contributed by atoms with Gasteiger partial charge in [0.25, 0.3) is 5.91 Å². The second-order valence-electron chi connectivity index (χ2n) is 6.85. The molecule has 29 heavy (non-hydrogen) atoms. The molecule has 0 saturated carbocycles. The lowest BCUT2D eigenvalue weighted by Crippen LogP contribution is -2.29. The molecule has 11 heteroatoms. The van der Waals surface area contributed by atoms with Crippen LogP contribution < -0.4 is 9.62 Å². The number of hydrogen-bond donors (Lipinski definition) is 1. The van der Waals surface area contributed by atoms with Gasteiger partial charge < -0.3 is 4.90 Å². The van der Waals surface area contributed by atoms with E-state index in [0.717, 1.165) is 16.1 Å². The van der Waals surface area contributed by atoms with Gasteiger partial charge in [0.15, 0.2) is 0 Å². The van der Waals surface area contributed by atoms with Crippen molar-refractivity contribution >= 4 is 48.9 Å². The molecular weight excluding hydrogens is 438 g/mol. The number of amides is 1. The molecule has 8 nitrogen and oxygen atoms in total. The molecule has 0 fully saturated rings. The van der Waals surface area contributed by atoms with Gasteiger partial charge in [0, 0.05) is 32.0 Å². The molecule has 0 spiro atoms. The molecule has 3 rings (SSSR count). The number of nitrogens with one attached hydrogen (secondary N) is 1. The Balaban J connectivity index is 1.90. The van der Waals surface area contributed by atoms with Gasteiger partial charge in [-0.15, -0.1) is 0 Å². The minimum atomic E-state index is -3.56. The van der Waals surface area contributed by atoms with Crippen molar-refractivity contribution in [3.63, 3.8) is 0 Å². The zero-order valence-electron chi connectivity index (χ0n) is 16.0. The molecule has 1 aliphatic rings. The highest BCUT2D eigenvalue weighted by molar-refractivity contribution is 7.92. The average molecular weight is 458 g/mol. The van der Waals surface area contributed by atoms with Crippen LogP contribution >= 0.6 is 11.6 Å². The summed E-state index contributed by atoms with van der Waals surface area (Å²) in [4.78, 5) is 14.7. The average Bonchev–Trinajstić information content (AvgIpc) is 3.03. The fourth-order valence-corrected chi connectivity index (χ4v) is 4.84. The molecule has 1 heterocycles. The van der Waals surface area contributed by atoms with Crippen LogP contribution in [0.2, 0.25) is 5.02 Å². The first-order valence-corrected chi connectivity index (χ1v) is 12.3. The van der Waals surface area contributed by atoms with E-state index in [9.17, 15) is 21.6 Å². The Morgan fingerprint density at radius 2 is 1.79 bits per heavy atom. The summed E-state index contributed by atoms with van der Waals surface area (Å²) in [6.07, 6.45) is 1.54. The molecule has 2 aromatic carbocycles. The summed E-state index contributed by atoms with van der Waals surface area (Å²) < 4.78 is 50.8. The van der Waals surface area contributed by atoms with Gasteiger partial charge in [-0.3, -0.25) is 9.52 Å². The first kappa shape index (κ1) is 21.6. The second-order valence-corrected chi connectivity index (χ2v) is 11.2. The Bertz CT molecular complexity index is 1190. The summed E-state index contributed by atoms with van der Waals surface area (Å²) in [5.41, 5.74) is 1.87. The molecule has 0 radical (unpaired) electrons. The molecule has 0 bridgehead atoms. The number of carbonyl (C=O) groups is 1. The molecule has 1 aliphatic heterocycles. The number of halogens is 1. The highest BCUT2D eigenvalue weighted by atomic mass is 35.5. The lowest BCUT2D eigenvalue weighted by molar-refractivity contribution is 0.0989. The van der Waals surface area contributed by atoms with Crippen LogP contribution in [-0.2, 0) is 26.5 Å². The number of carbonyl (C=O) groups excluding carboxylic acids is 1. The summed E-state index contributed by atoms with van der Waals surface area (Å²) in [5, 5.41) is 0.115.